The van der Waals surface area contributed by atoms with E-state index in [9.17, 15) is 4.79 Å². The molecule has 0 saturated heterocycles. The average molecular weight is 290 g/mol. The van der Waals surface area contributed by atoms with E-state index >= 15 is 0 Å². The lowest BCUT2D eigenvalue weighted by Crippen LogP contribution is -2.00. The van der Waals surface area contributed by atoms with Crippen LogP contribution in [0.5, 0.6) is 5.75 Å². The van der Waals surface area contributed by atoms with Crippen LogP contribution in [0.3, 0.4) is 0 Å². The first kappa shape index (κ1) is 12.9. The minimum atomic E-state index is -0.302. The van der Waals surface area contributed by atoms with Gasteiger partial charge in [0.25, 0.3) is 0 Å². The molecule has 3 heteroatoms. The number of hydrogen-bond donors (Lipinski definition) is 0. The Balaban J connectivity index is 2.22. The van der Waals surface area contributed by atoms with Crippen LogP contribution in [0.15, 0.2) is 57.7 Å². The van der Waals surface area contributed by atoms with Crippen LogP contribution in [0.2, 0.25) is 0 Å². The highest BCUT2D eigenvalue weighted by atomic mass is 16.5. The summed E-state index contributed by atoms with van der Waals surface area (Å²) in [7, 11) is 1.65. The van der Waals surface area contributed by atoms with Crippen molar-refractivity contribution in [3.63, 3.8) is 0 Å². The maximum absolute atomic E-state index is 12.3. The Morgan fingerprint density at radius 3 is 2.50 bits per heavy atom. The molecule has 4 rings (SSSR count). The summed E-state index contributed by atoms with van der Waals surface area (Å²) < 4.78 is 10.7. The highest BCUT2D eigenvalue weighted by Crippen LogP contribution is 2.29. The van der Waals surface area contributed by atoms with E-state index in [0.717, 1.165) is 32.9 Å². The summed E-state index contributed by atoms with van der Waals surface area (Å²) in [6, 6.07) is 15.6. The van der Waals surface area contributed by atoms with E-state index in [1.807, 2.05) is 55.5 Å². The van der Waals surface area contributed by atoms with Crippen LogP contribution in [0.25, 0.3) is 32.5 Å². The zero-order valence-electron chi connectivity index (χ0n) is 12.3. The molecule has 0 bridgehead atoms. The molecule has 108 valence electrons. The topological polar surface area (TPSA) is 39.4 Å². The van der Waals surface area contributed by atoms with E-state index in [1.165, 1.54) is 0 Å². The second-order valence-corrected chi connectivity index (χ2v) is 5.50. The Labute approximate surface area is 126 Å². The van der Waals surface area contributed by atoms with Gasteiger partial charge < -0.3 is 9.15 Å². The summed E-state index contributed by atoms with van der Waals surface area (Å²) in [6.07, 6.45) is 0. The molecule has 0 fully saturated rings. The first-order valence-corrected chi connectivity index (χ1v) is 7.11. The molecular weight excluding hydrogens is 276 g/mol. The summed E-state index contributed by atoms with van der Waals surface area (Å²) >= 11 is 0. The van der Waals surface area contributed by atoms with Gasteiger partial charge in [-0.1, -0.05) is 17.7 Å². The summed E-state index contributed by atoms with van der Waals surface area (Å²) in [6.45, 7) is 2.03. The molecule has 0 aliphatic rings. The van der Waals surface area contributed by atoms with Crippen molar-refractivity contribution in [3.05, 3.63) is 64.5 Å². The molecule has 0 radical (unpaired) electrons. The van der Waals surface area contributed by atoms with Crippen molar-refractivity contribution in [2.45, 2.75) is 6.92 Å². The van der Waals surface area contributed by atoms with Gasteiger partial charge in [-0.05, 0) is 54.1 Å². The normalized spacial score (nSPS) is 11.4. The van der Waals surface area contributed by atoms with Gasteiger partial charge in [0.05, 0.1) is 12.5 Å². The third-order valence-corrected chi connectivity index (χ3v) is 4.03. The minimum absolute atomic E-state index is 0.302. The highest BCUT2D eigenvalue weighted by Gasteiger charge is 2.09. The summed E-state index contributed by atoms with van der Waals surface area (Å²) in [5, 5.41) is 4.51. The number of ether oxygens (including phenoxy) is 1. The van der Waals surface area contributed by atoms with Crippen molar-refractivity contribution in [2.75, 3.05) is 7.11 Å². The third-order valence-electron chi connectivity index (χ3n) is 4.03. The van der Waals surface area contributed by atoms with Crippen molar-refractivity contribution in [3.8, 4) is 5.75 Å². The van der Waals surface area contributed by atoms with E-state index in [1.54, 1.807) is 7.11 Å². The van der Waals surface area contributed by atoms with Gasteiger partial charge in [0.15, 0.2) is 0 Å². The molecule has 0 amide bonds. The Kier molecular flexibility index (Phi) is 2.70. The number of hydrogen-bond acceptors (Lipinski definition) is 3. The van der Waals surface area contributed by atoms with Crippen LogP contribution < -0.4 is 10.4 Å². The van der Waals surface area contributed by atoms with Gasteiger partial charge in [0.2, 0.25) is 0 Å². The Morgan fingerprint density at radius 1 is 0.864 bits per heavy atom. The largest absolute Gasteiger partial charge is 0.497 e. The summed E-state index contributed by atoms with van der Waals surface area (Å²) in [5.74, 6) is 0.801. The van der Waals surface area contributed by atoms with Gasteiger partial charge >= 0.3 is 5.63 Å². The average Bonchev–Trinajstić information content (AvgIpc) is 2.54. The molecule has 4 aromatic rings. The fourth-order valence-electron chi connectivity index (χ4n) is 2.89. The smallest absolute Gasteiger partial charge is 0.344 e. The molecule has 0 unspecified atom stereocenters. The first-order valence-electron chi connectivity index (χ1n) is 7.11. The third kappa shape index (κ3) is 1.86. The van der Waals surface area contributed by atoms with Crippen molar-refractivity contribution < 1.29 is 9.15 Å². The van der Waals surface area contributed by atoms with Crippen LogP contribution >= 0.6 is 0 Å². The van der Waals surface area contributed by atoms with Gasteiger partial charge in [-0.2, -0.15) is 0 Å². The summed E-state index contributed by atoms with van der Waals surface area (Å²) in [5.41, 5.74) is 1.45. The van der Waals surface area contributed by atoms with Gasteiger partial charge in [0, 0.05) is 10.8 Å². The van der Waals surface area contributed by atoms with E-state index < -0.39 is 0 Å². The number of fused-ring (bicyclic) bond motifs is 4. The molecule has 0 atom stereocenters. The van der Waals surface area contributed by atoms with E-state index in [-0.39, 0.29) is 5.63 Å². The van der Waals surface area contributed by atoms with Crippen LogP contribution in [0.4, 0.5) is 0 Å². The second-order valence-electron chi connectivity index (χ2n) is 5.50. The molecule has 22 heavy (non-hydrogen) atoms. The van der Waals surface area contributed by atoms with Crippen molar-refractivity contribution in [1.29, 1.82) is 0 Å². The SMILES string of the molecule is COc1ccc2cc3c(=O)oc4ccc(C)cc4c3cc2c1. The van der Waals surface area contributed by atoms with Crippen LogP contribution in [0.1, 0.15) is 5.56 Å². The minimum Gasteiger partial charge on any atom is -0.497 e. The molecule has 3 aromatic carbocycles. The molecule has 3 nitrogen and oxygen atoms in total. The number of rotatable bonds is 1. The molecule has 0 aliphatic heterocycles. The number of benzene rings is 3. The van der Waals surface area contributed by atoms with Crippen molar-refractivity contribution >= 4 is 32.5 Å². The number of aryl methyl sites for hydroxylation is 1. The molecule has 0 N–H and O–H groups in total. The lowest BCUT2D eigenvalue weighted by Gasteiger charge is -2.07. The van der Waals surface area contributed by atoms with Gasteiger partial charge in [0.1, 0.15) is 11.3 Å². The van der Waals surface area contributed by atoms with Crippen LogP contribution in [-0.2, 0) is 0 Å². The Morgan fingerprint density at radius 2 is 1.68 bits per heavy atom. The fourth-order valence-corrected chi connectivity index (χ4v) is 2.89. The zero-order valence-corrected chi connectivity index (χ0v) is 12.3. The quantitative estimate of drug-likeness (QED) is 0.296. The van der Waals surface area contributed by atoms with E-state index in [2.05, 4.69) is 0 Å². The molecule has 0 saturated carbocycles. The lowest BCUT2D eigenvalue weighted by atomic mass is 10.0. The van der Waals surface area contributed by atoms with Crippen LogP contribution in [0, 0.1) is 6.92 Å². The summed E-state index contributed by atoms with van der Waals surface area (Å²) in [4.78, 5) is 12.3. The zero-order chi connectivity index (χ0) is 15.3. The molecule has 0 aliphatic carbocycles. The molecule has 0 spiro atoms. The standard InChI is InChI=1S/C19H14O3/c1-11-3-6-18-16(7-11)15-10-13-8-14(21-2)5-4-12(13)9-17(15)19(20)22-18/h3-10H,1-2H3. The fraction of sp³-hybridized carbons (Fsp3) is 0.105. The van der Waals surface area contributed by atoms with E-state index in [0.29, 0.717) is 11.0 Å². The number of methoxy groups -OCH3 is 1. The maximum atomic E-state index is 12.3. The molecule has 1 heterocycles. The molecule has 1 aromatic heterocycles. The monoisotopic (exact) mass is 290 g/mol. The highest BCUT2D eigenvalue weighted by molar-refractivity contribution is 6.10. The lowest BCUT2D eigenvalue weighted by molar-refractivity contribution is 0.415. The predicted molar refractivity (Wildman–Crippen MR) is 88.8 cm³/mol. The van der Waals surface area contributed by atoms with E-state index in [4.69, 9.17) is 9.15 Å². The first-order chi connectivity index (χ1) is 10.7. The second kappa shape index (κ2) is 4.60. The van der Waals surface area contributed by atoms with Gasteiger partial charge in [-0.25, -0.2) is 4.79 Å². The maximum Gasteiger partial charge on any atom is 0.344 e. The van der Waals surface area contributed by atoms with Crippen molar-refractivity contribution in [2.24, 2.45) is 0 Å². The Hall–Kier alpha value is -2.81. The molecular formula is C19H14O3. The van der Waals surface area contributed by atoms with Gasteiger partial charge in [-0.15, -0.1) is 0 Å². The van der Waals surface area contributed by atoms with Crippen molar-refractivity contribution in [1.82, 2.24) is 0 Å². The van der Waals surface area contributed by atoms with Gasteiger partial charge in [-0.3, -0.25) is 0 Å². The van der Waals surface area contributed by atoms with Crippen LogP contribution in [-0.4, -0.2) is 7.11 Å². The predicted octanol–water partition coefficient (Wildman–Crippen LogP) is 4.42. The Bertz CT molecular complexity index is 1090.